The van der Waals surface area contributed by atoms with Crippen LogP contribution < -0.4 is 5.32 Å². The molecule has 120 valence electrons. The number of hydrogen-bond acceptors (Lipinski definition) is 6. The van der Waals surface area contributed by atoms with Gasteiger partial charge in [0.05, 0.1) is 12.2 Å². The van der Waals surface area contributed by atoms with E-state index < -0.39 is 0 Å². The third-order valence-electron chi connectivity index (χ3n) is 3.90. The summed E-state index contributed by atoms with van der Waals surface area (Å²) in [6, 6.07) is 1.81. The van der Waals surface area contributed by atoms with Crippen molar-refractivity contribution in [2.45, 2.75) is 39.2 Å². The second kappa shape index (κ2) is 6.68. The molecule has 1 atom stereocenters. The first-order chi connectivity index (χ1) is 11.1. The lowest BCUT2D eigenvalue weighted by molar-refractivity contribution is -0.132. The van der Waals surface area contributed by atoms with Gasteiger partial charge in [0, 0.05) is 37.6 Å². The summed E-state index contributed by atoms with van der Waals surface area (Å²) in [5.74, 6) is 2.06. The molecule has 1 aliphatic heterocycles. The number of anilines is 2. The second-order valence-corrected chi connectivity index (χ2v) is 5.69. The van der Waals surface area contributed by atoms with Gasteiger partial charge in [0.15, 0.2) is 5.82 Å². The van der Waals surface area contributed by atoms with E-state index in [0.717, 1.165) is 31.5 Å². The van der Waals surface area contributed by atoms with E-state index >= 15 is 0 Å². The summed E-state index contributed by atoms with van der Waals surface area (Å²) in [6.45, 7) is 4.30. The highest BCUT2D eigenvalue weighted by molar-refractivity contribution is 5.73. The first kappa shape index (κ1) is 15.3. The third-order valence-corrected chi connectivity index (χ3v) is 3.90. The molecule has 1 unspecified atom stereocenters. The van der Waals surface area contributed by atoms with Crippen molar-refractivity contribution >= 4 is 17.5 Å². The highest BCUT2D eigenvalue weighted by atomic mass is 16.2. The summed E-state index contributed by atoms with van der Waals surface area (Å²) in [6.07, 6.45) is 7.89. The van der Waals surface area contributed by atoms with Crippen LogP contribution in [0.2, 0.25) is 0 Å². The highest BCUT2D eigenvalue weighted by Crippen LogP contribution is 2.29. The number of carbonyl (C=O) groups excluding carboxylic acids is 1. The van der Waals surface area contributed by atoms with E-state index in [4.69, 9.17) is 0 Å². The van der Waals surface area contributed by atoms with E-state index in [0.29, 0.717) is 17.5 Å². The van der Waals surface area contributed by atoms with Gasteiger partial charge in [-0.05, 0) is 26.2 Å². The van der Waals surface area contributed by atoms with E-state index in [1.54, 1.807) is 25.5 Å². The number of nitrogens with one attached hydrogen (secondary N) is 1. The van der Waals surface area contributed by atoms with E-state index in [9.17, 15) is 4.79 Å². The first-order valence-corrected chi connectivity index (χ1v) is 7.79. The zero-order valence-corrected chi connectivity index (χ0v) is 13.4. The van der Waals surface area contributed by atoms with Crippen LogP contribution in [0, 0.1) is 6.92 Å². The molecule has 3 rings (SSSR count). The lowest BCUT2D eigenvalue weighted by Gasteiger charge is -2.34. The molecule has 0 aromatic carbocycles. The molecule has 0 saturated carbocycles. The van der Waals surface area contributed by atoms with Crippen LogP contribution in [-0.2, 0) is 4.79 Å². The number of piperidine rings is 1. The minimum Gasteiger partial charge on any atom is -0.333 e. The zero-order chi connectivity index (χ0) is 16.2. The predicted octanol–water partition coefficient (Wildman–Crippen LogP) is 2.39. The highest BCUT2D eigenvalue weighted by Gasteiger charge is 2.28. The number of amides is 1. The quantitative estimate of drug-likeness (QED) is 0.937. The number of likely N-dealkylation sites (tertiary alicyclic amines) is 1. The Morgan fingerprint density at radius 1 is 1.26 bits per heavy atom. The average molecular weight is 312 g/mol. The fraction of sp³-hybridized carbons (Fsp3) is 0.438. The van der Waals surface area contributed by atoms with Crippen molar-refractivity contribution in [3.05, 3.63) is 36.2 Å². The van der Waals surface area contributed by atoms with Crippen LogP contribution >= 0.6 is 0 Å². The topological polar surface area (TPSA) is 83.9 Å². The van der Waals surface area contributed by atoms with Gasteiger partial charge in [0.2, 0.25) is 5.91 Å². The smallest absolute Gasteiger partial charge is 0.220 e. The van der Waals surface area contributed by atoms with Gasteiger partial charge in [-0.15, -0.1) is 0 Å². The van der Waals surface area contributed by atoms with Gasteiger partial charge >= 0.3 is 0 Å². The standard InChI is InChI=1S/C16H20N6O/c1-11-9-14(20-15-10-17-6-7-18-15)21-16(19-11)13-5-3-4-8-22(13)12(2)23/h6-7,9-10,13H,3-5,8H2,1-2H3,(H,18,19,20,21). The monoisotopic (exact) mass is 312 g/mol. The summed E-state index contributed by atoms with van der Waals surface area (Å²) in [5, 5.41) is 3.14. The molecule has 7 nitrogen and oxygen atoms in total. The summed E-state index contributed by atoms with van der Waals surface area (Å²) in [4.78, 5) is 31.1. The molecular weight excluding hydrogens is 292 g/mol. The van der Waals surface area contributed by atoms with Crippen LogP contribution in [0.4, 0.5) is 11.6 Å². The Labute approximate surface area is 135 Å². The molecule has 1 amide bonds. The molecule has 1 fully saturated rings. The van der Waals surface area contributed by atoms with Crippen molar-refractivity contribution < 1.29 is 4.79 Å². The minimum atomic E-state index is -0.0523. The molecule has 2 aromatic rings. The SMILES string of the molecule is CC(=O)N1CCCCC1c1nc(C)cc(Nc2cnccn2)n1. The Hall–Kier alpha value is -2.57. The van der Waals surface area contributed by atoms with Crippen molar-refractivity contribution in [3.63, 3.8) is 0 Å². The number of aryl methyl sites for hydroxylation is 1. The molecule has 0 radical (unpaired) electrons. The van der Waals surface area contributed by atoms with E-state index in [1.807, 2.05) is 17.9 Å². The van der Waals surface area contributed by atoms with Crippen molar-refractivity contribution in [1.82, 2.24) is 24.8 Å². The molecule has 1 saturated heterocycles. The Balaban J connectivity index is 1.89. The number of rotatable bonds is 3. The van der Waals surface area contributed by atoms with E-state index in [1.165, 1.54) is 0 Å². The van der Waals surface area contributed by atoms with E-state index in [-0.39, 0.29) is 11.9 Å². The van der Waals surface area contributed by atoms with Crippen molar-refractivity contribution in [2.24, 2.45) is 0 Å². The van der Waals surface area contributed by atoms with Crippen molar-refractivity contribution in [2.75, 3.05) is 11.9 Å². The van der Waals surface area contributed by atoms with Crippen LogP contribution in [0.1, 0.15) is 43.7 Å². The van der Waals surface area contributed by atoms with Gasteiger partial charge in [0.1, 0.15) is 11.6 Å². The second-order valence-electron chi connectivity index (χ2n) is 5.69. The zero-order valence-electron chi connectivity index (χ0n) is 13.4. The molecule has 1 aliphatic rings. The van der Waals surface area contributed by atoms with Gasteiger partial charge in [-0.25, -0.2) is 15.0 Å². The molecular formula is C16H20N6O. The first-order valence-electron chi connectivity index (χ1n) is 7.79. The number of aromatic nitrogens is 4. The maximum Gasteiger partial charge on any atom is 0.220 e. The summed E-state index contributed by atoms with van der Waals surface area (Å²) in [5.41, 5.74) is 0.857. The minimum absolute atomic E-state index is 0.0523. The van der Waals surface area contributed by atoms with Gasteiger partial charge in [-0.3, -0.25) is 9.78 Å². The van der Waals surface area contributed by atoms with Crippen molar-refractivity contribution in [3.8, 4) is 0 Å². The molecule has 1 N–H and O–H groups in total. The van der Waals surface area contributed by atoms with Gasteiger partial charge in [-0.2, -0.15) is 0 Å². The van der Waals surface area contributed by atoms with Crippen LogP contribution in [-0.4, -0.2) is 37.3 Å². The largest absolute Gasteiger partial charge is 0.333 e. The Kier molecular flexibility index (Phi) is 4.45. The van der Waals surface area contributed by atoms with Gasteiger partial charge in [0.25, 0.3) is 0 Å². The maximum absolute atomic E-state index is 11.9. The molecule has 3 heterocycles. The number of hydrogen-bond donors (Lipinski definition) is 1. The Bertz CT molecular complexity index is 690. The lowest BCUT2D eigenvalue weighted by Crippen LogP contribution is -2.37. The van der Waals surface area contributed by atoms with E-state index in [2.05, 4.69) is 25.3 Å². The number of carbonyl (C=O) groups is 1. The summed E-state index contributed by atoms with van der Waals surface area (Å²) in [7, 11) is 0. The fourth-order valence-corrected chi connectivity index (χ4v) is 2.88. The molecule has 7 heteroatoms. The fourth-order valence-electron chi connectivity index (χ4n) is 2.88. The molecule has 0 aliphatic carbocycles. The molecule has 23 heavy (non-hydrogen) atoms. The van der Waals surface area contributed by atoms with Crippen molar-refractivity contribution in [1.29, 1.82) is 0 Å². The van der Waals surface area contributed by atoms with Crippen LogP contribution in [0.15, 0.2) is 24.7 Å². The molecule has 2 aromatic heterocycles. The van der Waals surface area contributed by atoms with Crippen LogP contribution in [0.5, 0.6) is 0 Å². The average Bonchev–Trinajstić information content (AvgIpc) is 2.55. The predicted molar refractivity (Wildman–Crippen MR) is 86.1 cm³/mol. The van der Waals surface area contributed by atoms with Crippen LogP contribution in [0.3, 0.4) is 0 Å². The molecule has 0 spiro atoms. The normalized spacial score (nSPS) is 17.8. The number of nitrogens with zero attached hydrogens (tertiary/aromatic N) is 5. The summed E-state index contributed by atoms with van der Waals surface area (Å²) >= 11 is 0. The van der Waals surface area contributed by atoms with Gasteiger partial charge in [-0.1, -0.05) is 0 Å². The third kappa shape index (κ3) is 3.61. The van der Waals surface area contributed by atoms with Crippen LogP contribution in [0.25, 0.3) is 0 Å². The molecule has 0 bridgehead atoms. The Morgan fingerprint density at radius 2 is 2.13 bits per heavy atom. The lowest BCUT2D eigenvalue weighted by atomic mass is 10.0. The summed E-state index contributed by atoms with van der Waals surface area (Å²) < 4.78 is 0. The Morgan fingerprint density at radius 3 is 2.87 bits per heavy atom. The maximum atomic E-state index is 11.9. The van der Waals surface area contributed by atoms with Gasteiger partial charge < -0.3 is 10.2 Å².